The number of nitrogens with one attached hydrogen (secondary N) is 1. The zero-order chi connectivity index (χ0) is 21.6. The van der Waals surface area contributed by atoms with Gasteiger partial charge in [-0.2, -0.15) is 0 Å². The second kappa shape index (κ2) is 9.35. The maximum Gasteiger partial charge on any atom is 0.410 e. The summed E-state index contributed by atoms with van der Waals surface area (Å²) >= 11 is 0. The molecular weight excluding hydrogens is 383 g/mol. The van der Waals surface area contributed by atoms with Crippen molar-refractivity contribution in [2.75, 3.05) is 26.2 Å². The number of aliphatic carboxylic acids is 1. The number of benzene rings is 1. The molecule has 0 unspecified atom stereocenters. The average molecular weight is 412 g/mol. The molecule has 0 bridgehead atoms. The number of nitrogen functional groups attached to an aromatic ring is 1. The van der Waals surface area contributed by atoms with Crippen LogP contribution in [0.5, 0.6) is 0 Å². The second-order valence-corrected chi connectivity index (χ2v) is 6.90. The topological polar surface area (TPSA) is 137 Å². The molecule has 29 heavy (non-hydrogen) atoms. The molecule has 10 heteroatoms. The fourth-order valence-corrected chi connectivity index (χ4v) is 3.48. The van der Waals surface area contributed by atoms with Gasteiger partial charge in [-0.25, -0.2) is 4.79 Å². The Balaban J connectivity index is 0.00000146. The summed E-state index contributed by atoms with van der Waals surface area (Å²) in [6.07, 6.45) is 0.998. The minimum atomic E-state index is -1.07. The minimum Gasteiger partial charge on any atom is -0.480 e. The lowest BCUT2D eigenvalue weighted by molar-refractivity contribution is -0.140. The number of amides is 2. The molecule has 0 aliphatic carbocycles. The number of hydrogen-bond donors (Lipinski definition) is 3. The van der Waals surface area contributed by atoms with E-state index < -0.39 is 17.7 Å². The number of halogens is 1. The quantitative estimate of drug-likeness (QED) is 0.508. The lowest BCUT2D eigenvalue weighted by Gasteiger charge is -2.45. The summed E-state index contributed by atoms with van der Waals surface area (Å²) in [5.74, 6) is -1.24. The molecule has 2 amide bonds. The highest BCUT2D eigenvalue weighted by Gasteiger charge is 2.44. The molecule has 2 aliphatic heterocycles. The number of rotatable bonds is 4. The lowest BCUT2D eigenvalue weighted by Crippen LogP contribution is -2.56. The van der Waals surface area contributed by atoms with Gasteiger partial charge >= 0.3 is 12.1 Å². The highest BCUT2D eigenvalue weighted by atomic mass is 19.0. The predicted molar refractivity (Wildman–Crippen MR) is 105 cm³/mol. The Morgan fingerprint density at radius 1 is 1.17 bits per heavy atom. The summed E-state index contributed by atoms with van der Waals surface area (Å²) in [5, 5.41) is 16.2. The number of carboxylic acids is 1. The van der Waals surface area contributed by atoms with Crippen molar-refractivity contribution in [3.63, 3.8) is 0 Å². The summed E-state index contributed by atoms with van der Waals surface area (Å²) in [5.41, 5.74) is 5.87. The molecule has 160 valence electrons. The number of nitrogens with two attached hydrogens (primary N) is 1. The van der Waals surface area contributed by atoms with Crippen molar-refractivity contribution in [2.45, 2.75) is 32.3 Å². The van der Waals surface area contributed by atoms with Gasteiger partial charge in [0.15, 0.2) is 0 Å². The number of nitrogens with zero attached hydrogens (tertiary/aromatic N) is 2. The molecular formula is C19H27FN4O5. The molecule has 1 aromatic rings. The highest BCUT2D eigenvalue weighted by Crippen LogP contribution is 2.34. The van der Waals surface area contributed by atoms with Gasteiger partial charge in [-0.1, -0.05) is 19.6 Å². The highest BCUT2D eigenvalue weighted by molar-refractivity contribution is 5.98. The number of carbonyl (C=O) groups is 3. The molecule has 1 spiro atoms. The van der Waals surface area contributed by atoms with Gasteiger partial charge in [-0.15, -0.1) is 0 Å². The number of ether oxygens (including phenoxy) is 1. The smallest absolute Gasteiger partial charge is 0.410 e. The first kappa shape index (κ1) is 22.1. The molecule has 2 fully saturated rings. The van der Waals surface area contributed by atoms with Gasteiger partial charge in [0, 0.05) is 50.0 Å². The van der Waals surface area contributed by atoms with Gasteiger partial charge in [-0.3, -0.25) is 24.6 Å². The van der Waals surface area contributed by atoms with E-state index in [0.717, 1.165) is 0 Å². The van der Waals surface area contributed by atoms with Crippen LogP contribution in [-0.2, 0) is 9.53 Å². The zero-order valence-corrected chi connectivity index (χ0v) is 15.2. The summed E-state index contributed by atoms with van der Waals surface area (Å²) < 4.78 is 18.6. The standard InChI is InChI=1S/C18H22N4O5.CH4.FH/c19-15(20)12-1-3-13(4-2-12)16(25)21-8-5-18(6-9-21)7-10-22(11-14(23)24)17(26)27-18;;/h1-4H,5-11H2,(H3,19,20)(H,23,24);1H4;1H/i/hT. The molecule has 9 nitrogen and oxygen atoms in total. The monoisotopic (exact) mass is 412 g/mol. The van der Waals surface area contributed by atoms with Crippen LogP contribution in [0, 0.1) is 5.41 Å². The maximum absolute atomic E-state index is 12.6. The Labute approximate surface area is 169 Å². The van der Waals surface area contributed by atoms with Gasteiger partial charge in [0.2, 0.25) is 0 Å². The Bertz CT molecular complexity index is 782. The third-order valence-electron chi connectivity index (χ3n) is 5.13. The van der Waals surface area contributed by atoms with E-state index in [1.807, 2.05) is 0 Å². The molecule has 0 atom stereocenters. The van der Waals surface area contributed by atoms with Crippen LogP contribution in [0.15, 0.2) is 24.3 Å². The van der Waals surface area contributed by atoms with Crippen molar-refractivity contribution >= 4 is 23.8 Å². The molecule has 2 heterocycles. The third kappa shape index (κ3) is 5.21. The van der Waals surface area contributed by atoms with Gasteiger partial charge in [0.1, 0.15) is 18.0 Å². The Morgan fingerprint density at radius 3 is 2.17 bits per heavy atom. The molecule has 2 saturated heterocycles. The first-order valence-electron chi connectivity index (χ1n) is 9.11. The Morgan fingerprint density at radius 2 is 1.69 bits per heavy atom. The first-order chi connectivity index (χ1) is 13.8. The van der Waals surface area contributed by atoms with E-state index in [1.54, 1.807) is 29.2 Å². The van der Waals surface area contributed by atoms with E-state index in [9.17, 15) is 14.4 Å². The van der Waals surface area contributed by atoms with Crippen LogP contribution in [0.2, 0.25) is 0 Å². The normalized spacial score (nSPS) is 17.8. The van der Waals surface area contributed by atoms with E-state index in [-0.39, 0.29) is 25.7 Å². The molecule has 4 N–H and O–H groups in total. The van der Waals surface area contributed by atoms with Crippen LogP contribution >= 0.6 is 0 Å². The van der Waals surface area contributed by atoms with Gasteiger partial charge in [0.25, 0.3) is 7.36 Å². The number of amidine groups is 1. The van der Waals surface area contributed by atoms with E-state index in [4.69, 9.17) is 25.7 Å². The number of likely N-dealkylation sites (tertiary alicyclic amines) is 1. The van der Waals surface area contributed by atoms with E-state index in [2.05, 4.69) is 1.45 Å². The molecule has 3 rings (SSSR count). The molecule has 2 aliphatic rings. The zero-order valence-electron chi connectivity index (χ0n) is 16.2. The Hall–Kier alpha value is -3.17. The average Bonchev–Trinajstić information content (AvgIpc) is 2.72. The van der Waals surface area contributed by atoms with Crippen LogP contribution in [0.4, 0.5) is 9.51 Å². The van der Waals surface area contributed by atoms with E-state index >= 15 is 0 Å². The van der Waals surface area contributed by atoms with Gasteiger partial charge in [-0.05, 0) is 12.1 Å². The van der Waals surface area contributed by atoms with Crippen molar-refractivity contribution in [3.05, 3.63) is 35.4 Å². The summed E-state index contributed by atoms with van der Waals surface area (Å²) in [4.78, 5) is 38.4. The molecule has 0 aromatic heterocycles. The minimum absolute atomic E-state index is 0. The van der Waals surface area contributed by atoms with E-state index in [0.29, 0.717) is 50.0 Å². The number of piperidine rings is 1. The third-order valence-corrected chi connectivity index (χ3v) is 5.13. The summed E-state index contributed by atoms with van der Waals surface area (Å²) in [6.45, 7) is 0.889. The molecule has 0 saturated carbocycles. The molecule has 0 radical (unpaired) electrons. The predicted octanol–water partition coefficient (Wildman–Crippen LogP) is 1.66. The van der Waals surface area contributed by atoms with Crippen molar-refractivity contribution < 1.29 is 28.9 Å². The number of hydrogen-bond acceptors (Lipinski definition) is 5. The summed E-state index contributed by atoms with van der Waals surface area (Å²) in [6, 6.07) is 6.57. The van der Waals surface area contributed by atoms with Crippen LogP contribution in [0.3, 0.4) is 0 Å². The van der Waals surface area contributed by atoms with Crippen molar-refractivity contribution in [1.82, 2.24) is 9.80 Å². The summed E-state index contributed by atoms with van der Waals surface area (Å²) in [7, 11) is 0. The largest absolute Gasteiger partial charge is 0.480 e. The van der Waals surface area contributed by atoms with Crippen LogP contribution < -0.4 is 5.73 Å². The molecule has 1 aromatic carbocycles. The number of carboxylic acid groups (broad SMARTS) is 1. The number of carbonyl (C=O) groups excluding carboxylic acids is 2. The maximum atomic E-state index is 12.6. The second-order valence-electron chi connectivity index (χ2n) is 6.90. The van der Waals surface area contributed by atoms with E-state index in [1.165, 1.54) is 4.90 Å². The van der Waals surface area contributed by atoms with Crippen molar-refractivity contribution in [1.29, 1.82) is 6.86 Å². The Kier molecular flexibility index (Phi) is 7.13. The SMILES string of the molecule is C.N=C(N)c1ccc(C(=O)N2CCC3(CCN(CC(=O)O)C(=O)O3)CC2)cc1.[3H]F. The van der Waals surface area contributed by atoms with Gasteiger partial charge < -0.3 is 20.5 Å². The fraction of sp³-hybridized carbons (Fsp3) is 0.474. The van der Waals surface area contributed by atoms with Crippen molar-refractivity contribution in [3.8, 4) is 0 Å². The van der Waals surface area contributed by atoms with Crippen molar-refractivity contribution in [2.24, 2.45) is 5.73 Å². The fourth-order valence-electron chi connectivity index (χ4n) is 3.48. The first-order valence-corrected chi connectivity index (χ1v) is 8.73. The van der Waals surface area contributed by atoms with Crippen LogP contribution in [0.25, 0.3) is 0 Å². The van der Waals surface area contributed by atoms with Crippen LogP contribution in [0.1, 0.15) is 42.6 Å². The van der Waals surface area contributed by atoms with Crippen LogP contribution in [-0.4, -0.2) is 71.9 Å². The van der Waals surface area contributed by atoms with Gasteiger partial charge in [0.05, 0.1) is 0 Å². The lowest BCUT2D eigenvalue weighted by atomic mass is 9.86.